The summed E-state index contributed by atoms with van der Waals surface area (Å²) in [6.07, 6.45) is 2.13. The highest BCUT2D eigenvalue weighted by molar-refractivity contribution is 7.22. The zero-order valence-corrected chi connectivity index (χ0v) is 23.1. The molecule has 1 aromatic carbocycles. The molecule has 1 saturated carbocycles. The fourth-order valence-electron chi connectivity index (χ4n) is 6.24. The van der Waals surface area contributed by atoms with E-state index >= 15 is 0 Å². The maximum absolute atomic E-state index is 13.7. The van der Waals surface area contributed by atoms with E-state index in [0.717, 1.165) is 64.2 Å². The molecule has 0 unspecified atom stereocenters. The zero-order chi connectivity index (χ0) is 27.5. The molecule has 1 N–H and O–H groups in total. The van der Waals surface area contributed by atoms with Crippen molar-refractivity contribution in [2.45, 2.75) is 44.7 Å². The normalized spacial score (nSPS) is 20.0. The molecule has 2 fully saturated rings. The predicted octanol–water partition coefficient (Wildman–Crippen LogP) is 6.11. The molecule has 4 aromatic rings. The number of aromatic nitrogens is 4. The zero-order valence-electron chi connectivity index (χ0n) is 22.3. The van der Waals surface area contributed by atoms with Crippen molar-refractivity contribution in [3.8, 4) is 22.2 Å². The number of rotatable bonds is 4. The molecule has 1 aliphatic carbocycles. The molecular weight excluding hydrogens is 541 g/mol. The summed E-state index contributed by atoms with van der Waals surface area (Å²) in [5.74, 6) is 2.45. The van der Waals surface area contributed by atoms with Crippen LogP contribution in [-0.4, -0.2) is 64.6 Å². The van der Waals surface area contributed by atoms with Gasteiger partial charge in [0, 0.05) is 22.0 Å². The molecule has 3 aromatic heterocycles. The first-order chi connectivity index (χ1) is 19.3. The number of likely N-dealkylation sites (tertiary alicyclic amines) is 1. The third-order valence-electron chi connectivity index (χ3n) is 8.66. The molecule has 0 bridgehead atoms. The topological polar surface area (TPSA) is 76.8 Å². The molecule has 1 saturated heterocycles. The van der Waals surface area contributed by atoms with Gasteiger partial charge in [-0.2, -0.15) is 17.7 Å². The Hall–Kier alpha value is -3.12. The number of thiophene rings is 1. The second-order valence-corrected chi connectivity index (χ2v) is 12.6. The molecule has 12 heteroatoms. The van der Waals surface area contributed by atoms with E-state index in [0.29, 0.717) is 57.5 Å². The second kappa shape index (κ2) is 9.76. The summed E-state index contributed by atoms with van der Waals surface area (Å²) in [5, 5.41) is 17.3. The number of halogens is 3. The number of nitrogens with zero attached hydrogens (tertiary/aromatic N) is 5. The fraction of sp³-hybridized carbons (Fsp3) is 0.536. The highest BCUT2D eigenvalue weighted by Gasteiger charge is 2.40. The summed E-state index contributed by atoms with van der Waals surface area (Å²) in [5.41, 5.74) is -0.301. The van der Waals surface area contributed by atoms with Crippen LogP contribution in [0.4, 0.5) is 19.0 Å². The van der Waals surface area contributed by atoms with E-state index in [1.54, 1.807) is 10.6 Å². The average Bonchev–Trinajstić information content (AvgIpc) is 3.65. The van der Waals surface area contributed by atoms with Crippen LogP contribution < -0.4 is 14.8 Å². The minimum absolute atomic E-state index is 0.0381. The molecule has 3 aliphatic rings. The maximum atomic E-state index is 13.7. The van der Waals surface area contributed by atoms with Gasteiger partial charge in [0.15, 0.2) is 11.6 Å². The fourth-order valence-corrected chi connectivity index (χ4v) is 7.29. The van der Waals surface area contributed by atoms with Crippen LogP contribution in [0.15, 0.2) is 24.3 Å². The Bertz CT molecular complexity index is 1550. The van der Waals surface area contributed by atoms with Crippen molar-refractivity contribution in [2.24, 2.45) is 11.3 Å². The third-order valence-corrected chi connectivity index (χ3v) is 9.75. The molecule has 0 amide bonds. The summed E-state index contributed by atoms with van der Waals surface area (Å²) in [4.78, 5) is 2.89. The van der Waals surface area contributed by atoms with Crippen molar-refractivity contribution in [1.82, 2.24) is 24.7 Å². The first-order valence-electron chi connectivity index (χ1n) is 13.9. The molecule has 8 nitrogen and oxygen atoms in total. The number of benzene rings is 1. The van der Waals surface area contributed by atoms with Gasteiger partial charge in [-0.3, -0.25) is 0 Å². The monoisotopic (exact) mass is 572 g/mol. The van der Waals surface area contributed by atoms with E-state index in [1.807, 2.05) is 0 Å². The van der Waals surface area contributed by atoms with Crippen LogP contribution >= 0.6 is 11.3 Å². The smallest absolute Gasteiger partial charge is 0.417 e. The van der Waals surface area contributed by atoms with Gasteiger partial charge in [0.1, 0.15) is 0 Å². The summed E-state index contributed by atoms with van der Waals surface area (Å²) >= 11 is 1.24. The Morgan fingerprint density at radius 2 is 1.82 bits per heavy atom. The summed E-state index contributed by atoms with van der Waals surface area (Å²) in [6.45, 7) is 3.93. The van der Waals surface area contributed by atoms with Crippen LogP contribution in [0.25, 0.3) is 26.4 Å². The predicted molar refractivity (Wildman–Crippen MR) is 147 cm³/mol. The summed E-state index contributed by atoms with van der Waals surface area (Å²) in [6, 6.07) is 5.76. The van der Waals surface area contributed by atoms with Gasteiger partial charge in [-0.15, -0.1) is 26.6 Å². The number of anilines is 1. The highest BCUT2D eigenvalue weighted by Crippen LogP contribution is 2.47. The van der Waals surface area contributed by atoms with Gasteiger partial charge in [-0.25, -0.2) is 0 Å². The van der Waals surface area contributed by atoms with E-state index in [9.17, 15) is 13.2 Å². The molecule has 7 rings (SSSR count). The van der Waals surface area contributed by atoms with E-state index in [-0.39, 0.29) is 10.8 Å². The Labute approximate surface area is 233 Å². The second-order valence-electron chi connectivity index (χ2n) is 11.5. The number of ether oxygens (including phenoxy) is 2. The maximum Gasteiger partial charge on any atom is 0.417 e. The Balaban J connectivity index is 1.30. The van der Waals surface area contributed by atoms with E-state index in [4.69, 9.17) is 14.6 Å². The number of nitrogens with one attached hydrogen (secondary N) is 1. The van der Waals surface area contributed by atoms with E-state index < -0.39 is 11.7 Å². The summed E-state index contributed by atoms with van der Waals surface area (Å²) in [7, 11) is 2.14. The quantitative estimate of drug-likeness (QED) is 0.316. The van der Waals surface area contributed by atoms with Gasteiger partial charge in [-0.05, 0) is 69.9 Å². The summed E-state index contributed by atoms with van der Waals surface area (Å²) < 4.78 is 56.1. The van der Waals surface area contributed by atoms with Crippen LogP contribution in [0.5, 0.6) is 11.5 Å². The lowest BCUT2D eigenvalue weighted by atomic mass is 9.88. The minimum atomic E-state index is -4.45. The van der Waals surface area contributed by atoms with Gasteiger partial charge in [0.2, 0.25) is 17.1 Å². The van der Waals surface area contributed by atoms with Crippen LogP contribution in [0.2, 0.25) is 0 Å². The average molecular weight is 573 g/mol. The SMILES string of the molecule is CN1CCC(CNc2nn3c(-c4cc5c(C(F)(F)F)cccc5s4)nnc3c3c2OCC2(CCCC2)CO3)CC1. The van der Waals surface area contributed by atoms with Crippen molar-refractivity contribution in [3.63, 3.8) is 0 Å². The number of fused-ring (bicyclic) bond motifs is 4. The molecule has 212 valence electrons. The lowest BCUT2D eigenvalue weighted by Gasteiger charge is -2.29. The molecular formula is C28H31F3N6O2S. The van der Waals surface area contributed by atoms with Crippen molar-refractivity contribution in [1.29, 1.82) is 0 Å². The van der Waals surface area contributed by atoms with Crippen LogP contribution in [-0.2, 0) is 6.18 Å². The first-order valence-corrected chi connectivity index (χ1v) is 14.7. The van der Waals surface area contributed by atoms with Crippen LogP contribution in [0, 0.1) is 11.3 Å². The number of hydrogen-bond donors (Lipinski definition) is 1. The van der Waals surface area contributed by atoms with E-state index in [1.165, 1.54) is 23.5 Å². The third kappa shape index (κ3) is 4.54. The Kier molecular flexibility index (Phi) is 6.30. The first kappa shape index (κ1) is 25.8. The molecule has 5 heterocycles. The van der Waals surface area contributed by atoms with Gasteiger partial charge >= 0.3 is 6.18 Å². The standard InChI is InChI=1S/C28H31F3N6O2S/c1-36-11-7-17(8-12-36)14-32-24-22-23(39-16-27(15-38-22)9-2-3-10-27)26-34-33-25(37(26)35-24)21-13-18-19(28(29,30)31)5-4-6-20(18)40-21/h4-6,13,17H,2-3,7-12,14-16H2,1H3,(H,32,35). The van der Waals surface area contributed by atoms with Crippen LogP contribution in [0.3, 0.4) is 0 Å². The lowest BCUT2D eigenvalue weighted by Crippen LogP contribution is -2.33. The van der Waals surface area contributed by atoms with Crippen LogP contribution in [0.1, 0.15) is 44.1 Å². The molecule has 40 heavy (non-hydrogen) atoms. The minimum Gasteiger partial charge on any atom is -0.486 e. The van der Waals surface area contributed by atoms with Crippen molar-refractivity contribution >= 4 is 32.9 Å². The number of hydrogen-bond acceptors (Lipinski definition) is 8. The molecule has 0 radical (unpaired) electrons. The molecule has 0 atom stereocenters. The van der Waals surface area contributed by atoms with Gasteiger partial charge in [0.25, 0.3) is 0 Å². The molecule has 1 spiro atoms. The Morgan fingerprint density at radius 1 is 1.07 bits per heavy atom. The Morgan fingerprint density at radius 3 is 2.58 bits per heavy atom. The van der Waals surface area contributed by atoms with Crippen molar-refractivity contribution in [3.05, 3.63) is 29.8 Å². The highest BCUT2D eigenvalue weighted by atomic mass is 32.1. The van der Waals surface area contributed by atoms with Crippen molar-refractivity contribution < 1.29 is 22.6 Å². The van der Waals surface area contributed by atoms with Gasteiger partial charge in [-0.1, -0.05) is 18.9 Å². The van der Waals surface area contributed by atoms with E-state index in [2.05, 4.69) is 27.5 Å². The van der Waals surface area contributed by atoms with Gasteiger partial charge < -0.3 is 19.7 Å². The van der Waals surface area contributed by atoms with Crippen molar-refractivity contribution in [2.75, 3.05) is 45.2 Å². The lowest BCUT2D eigenvalue weighted by molar-refractivity contribution is -0.136. The molecule has 2 aliphatic heterocycles. The number of piperidine rings is 1. The van der Waals surface area contributed by atoms with Gasteiger partial charge in [0.05, 0.1) is 23.7 Å². The number of alkyl halides is 3. The largest absolute Gasteiger partial charge is 0.486 e.